The molecule has 5 rings (SSSR count). The largest absolute Gasteiger partial charge is 0.497 e. The fourth-order valence-electron chi connectivity index (χ4n) is 5.23. The Morgan fingerprint density at radius 3 is 2.49 bits per heavy atom. The summed E-state index contributed by atoms with van der Waals surface area (Å²) < 4.78 is 23.3. The van der Waals surface area contributed by atoms with Crippen molar-refractivity contribution in [1.29, 1.82) is 0 Å². The predicted octanol–water partition coefficient (Wildman–Crippen LogP) is 5.18. The molecule has 0 bridgehead atoms. The van der Waals surface area contributed by atoms with Crippen LogP contribution < -0.4 is 18.9 Å². The second-order valence-corrected chi connectivity index (χ2v) is 10.8. The Hall–Kier alpha value is -3.46. The molecule has 1 spiro atoms. The van der Waals surface area contributed by atoms with Crippen LogP contribution in [0.1, 0.15) is 41.3 Å². The van der Waals surface area contributed by atoms with Gasteiger partial charge in [-0.25, -0.2) is 4.79 Å². The molecular weight excluding hydrogens is 522 g/mol. The first kappa shape index (κ1) is 27.1. The topological polar surface area (TPSA) is 97.7 Å². The van der Waals surface area contributed by atoms with Crippen molar-refractivity contribution in [2.24, 2.45) is 0 Å². The Labute approximate surface area is 232 Å². The molecule has 1 unspecified atom stereocenters. The van der Waals surface area contributed by atoms with Gasteiger partial charge in [-0.3, -0.25) is 4.90 Å². The van der Waals surface area contributed by atoms with Gasteiger partial charge in [0, 0.05) is 50.4 Å². The van der Waals surface area contributed by atoms with Crippen LogP contribution in [0.4, 0.5) is 0 Å². The van der Waals surface area contributed by atoms with E-state index in [2.05, 4.69) is 4.90 Å². The number of methoxy groups -OCH3 is 1. The van der Waals surface area contributed by atoms with Crippen molar-refractivity contribution in [1.82, 2.24) is 4.90 Å². The van der Waals surface area contributed by atoms with Gasteiger partial charge in [0.05, 0.1) is 13.7 Å². The lowest BCUT2D eigenvalue weighted by Gasteiger charge is -2.41. The van der Waals surface area contributed by atoms with Gasteiger partial charge in [0.25, 0.3) is 0 Å². The predicted molar refractivity (Wildman–Crippen MR) is 146 cm³/mol. The number of halogens is 1. The van der Waals surface area contributed by atoms with E-state index in [4.69, 9.17) is 30.5 Å². The number of aliphatic hydroxyl groups is 1. The smallest absolute Gasteiger partial charge is 0.339 e. The molecule has 2 N–H and O–H groups in total. The van der Waals surface area contributed by atoms with Crippen molar-refractivity contribution in [2.45, 2.75) is 44.2 Å². The third-order valence-electron chi connectivity index (χ3n) is 7.22. The molecule has 8 nitrogen and oxygen atoms in total. The summed E-state index contributed by atoms with van der Waals surface area (Å²) in [5.41, 5.74) is 1.73. The summed E-state index contributed by atoms with van der Waals surface area (Å²) in [5, 5.41) is 21.5. The van der Waals surface area contributed by atoms with Crippen molar-refractivity contribution in [3.63, 3.8) is 0 Å². The first-order valence-corrected chi connectivity index (χ1v) is 13.3. The van der Waals surface area contributed by atoms with Gasteiger partial charge in [-0.2, -0.15) is 0 Å². The van der Waals surface area contributed by atoms with E-state index < -0.39 is 11.8 Å². The number of carboxylic acid groups (broad SMARTS) is 1. The molecule has 3 aromatic rings. The summed E-state index contributed by atoms with van der Waals surface area (Å²) in [7, 11) is 1.60. The monoisotopic (exact) mass is 553 g/mol. The first-order chi connectivity index (χ1) is 18.6. The normalized spacial score (nSPS) is 17.6. The van der Waals surface area contributed by atoms with Gasteiger partial charge in [-0.1, -0.05) is 23.7 Å². The zero-order chi connectivity index (χ0) is 27.6. The summed E-state index contributed by atoms with van der Waals surface area (Å²) in [6.07, 6.45) is 2.41. The van der Waals surface area contributed by atoms with Gasteiger partial charge >= 0.3 is 5.97 Å². The zero-order valence-corrected chi connectivity index (χ0v) is 22.7. The van der Waals surface area contributed by atoms with Crippen LogP contribution in [0.15, 0.2) is 60.7 Å². The number of β-amino-alcohol motifs (C(OH)–C–C–N with tert-alkyl or cyclic N) is 1. The zero-order valence-electron chi connectivity index (χ0n) is 22.0. The van der Waals surface area contributed by atoms with E-state index in [1.165, 1.54) is 19.1 Å². The minimum Gasteiger partial charge on any atom is -0.497 e. The van der Waals surface area contributed by atoms with Crippen molar-refractivity contribution in [2.75, 3.05) is 26.7 Å². The lowest BCUT2D eigenvalue weighted by molar-refractivity contribution is -0.144. The van der Waals surface area contributed by atoms with Crippen LogP contribution in [0.5, 0.6) is 23.0 Å². The highest BCUT2D eigenvalue weighted by Crippen LogP contribution is 2.42. The number of fused-ring (bicyclic) bond motifs is 1. The van der Waals surface area contributed by atoms with E-state index in [9.17, 15) is 15.0 Å². The number of hydrogen-bond acceptors (Lipinski definition) is 7. The van der Waals surface area contributed by atoms with Gasteiger partial charge in [0.2, 0.25) is 5.79 Å². The highest BCUT2D eigenvalue weighted by Gasteiger charge is 2.43. The van der Waals surface area contributed by atoms with Gasteiger partial charge in [0.15, 0.2) is 0 Å². The maximum atomic E-state index is 11.9. The minimum atomic E-state index is -1.63. The summed E-state index contributed by atoms with van der Waals surface area (Å²) >= 11 is 6.15. The van der Waals surface area contributed by atoms with Crippen LogP contribution in [0.25, 0.3) is 0 Å². The average Bonchev–Trinajstić information content (AvgIpc) is 3.25. The van der Waals surface area contributed by atoms with Crippen molar-refractivity contribution in [3.05, 3.63) is 82.4 Å². The molecule has 1 fully saturated rings. The SMILES string of the molecule is COc1ccc(COc2ccc(C(=O)O)c(OC(C)(O)CN3CCC4(CC3)Cc3cc(Cl)ccc3O4)c2)cc1. The molecular formula is C30H32ClNO7. The summed E-state index contributed by atoms with van der Waals surface area (Å²) in [6.45, 7) is 3.44. The third-order valence-corrected chi connectivity index (χ3v) is 7.46. The van der Waals surface area contributed by atoms with E-state index in [-0.39, 0.29) is 30.1 Å². The molecule has 39 heavy (non-hydrogen) atoms. The maximum Gasteiger partial charge on any atom is 0.339 e. The van der Waals surface area contributed by atoms with Gasteiger partial charge in [0.1, 0.15) is 40.8 Å². The number of carboxylic acids is 1. The summed E-state index contributed by atoms with van der Waals surface area (Å²) in [5.74, 6) is -0.675. The van der Waals surface area contributed by atoms with Crippen molar-refractivity contribution < 1.29 is 34.0 Å². The van der Waals surface area contributed by atoms with Crippen molar-refractivity contribution >= 4 is 17.6 Å². The number of ether oxygens (including phenoxy) is 4. The van der Waals surface area contributed by atoms with Gasteiger partial charge in [-0.15, -0.1) is 0 Å². The molecule has 3 aromatic carbocycles. The quantitative estimate of drug-likeness (QED) is 0.350. The number of benzene rings is 3. The molecule has 0 amide bonds. The summed E-state index contributed by atoms with van der Waals surface area (Å²) in [6, 6.07) is 17.7. The van der Waals surface area contributed by atoms with Crippen LogP contribution in [0, 0.1) is 0 Å². The Bertz CT molecular complexity index is 1330. The highest BCUT2D eigenvalue weighted by molar-refractivity contribution is 6.30. The van der Waals surface area contributed by atoms with E-state index in [0.29, 0.717) is 23.9 Å². The first-order valence-electron chi connectivity index (χ1n) is 12.9. The van der Waals surface area contributed by atoms with Crippen molar-refractivity contribution in [3.8, 4) is 23.0 Å². The lowest BCUT2D eigenvalue weighted by atomic mass is 9.87. The van der Waals surface area contributed by atoms with E-state index in [0.717, 1.165) is 41.9 Å². The molecule has 2 heterocycles. The highest BCUT2D eigenvalue weighted by atomic mass is 35.5. The molecule has 0 aliphatic carbocycles. The second-order valence-electron chi connectivity index (χ2n) is 10.4. The standard InChI is InChI=1S/C30H32ClNO7/c1-29(35,19-32-13-11-30(12-14-32)17-21-15-22(31)5-10-26(21)39-30)38-27-16-24(8-9-25(27)28(33)34)37-18-20-3-6-23(36-2)7-4-20/h3-10,15-16,35H,11-14,17-19H2,1-2H3,(H,33,34). The van der Waals surface area contributed by atoms with Crippen LogP contribution in [-0.4, -0.2) is 59.2 Å². The molecule has 2 aliphatic heterocycles. The minimum absolute atomic E-state index is 0.0414. The van der Waals surface area contributed by atoms with E-state index in [1.54, 1.807) is 13.2 Å². The van der Waals surface area contributed by atoms with Crippen LogP contribution in [0.2, 0.25) is 5.02 Å². The Morgan fingerprint density at radius 2 is 1.79 bits per heavy atom. The Balaban J connectivity index is 1.20. The van der Waals surface area contributed by atoms with Crippen LogP contribution in [-0.2, 0) is 13.0 Å². The number of aromatic carboxylic acids is 1. The number of likely N-dealkylation sites (tertiary alicyclic amines) is 1. The molecule has 9 heteroatoms. The average molecular weight is 554 g/mol. The third kappa shape index (κ3) is 6.41. The number of hydrogen-bond donors (Lipinski definition) is 2. The molecule has 0 saturated carbocycles. The summed E-state index contributed by atoms with van der Waals surface area (Å²) in [4.78, 5) is 14.0. The number of nitrogens with zero attached hydrogens (tertiary/aromatic N) is 1. The van der Waals surface area contributed by atoms with E-state index >= 15 is 0 Å². The fraction of sp³-hybridized carbons (Fsp3) is 0.367. The van der Waals surface area contributed by atoms with Crippen LogP contribution in [0.3, 0.4) is 0 Å². The Kier molecular flexibility index (Phi) is 7.62. The second kappa shape index (κ2) is 11.0. The molecule has 1 atom stereocenters. The van der Waals surface area contributed by atoms with Gasteiger partial charge < -0.3 is 29.2 Å². The number of rotatable bonds is 9. The molecule has 1 saturated heterocycles. The Morgan fingerprint density at radius 1 is 1.08 bits per heavy atom. The van der Waals surface area contributed by atoms with Gasteiger partial charge in [-0.05, 0) is 53.6 Å². The molecule has 206 valence electrons. The van der Waals surface area contributed by atoms with E-state index in [1.807, 2.05) is 42.5 Å². The molecule has 0 radical (unpaired) electrons. The molecule has 0 aromatic heterocycles. The number of carbonyl (C=O) groups is 1. The number of piperidine rings is 1. The lowest BCUT2D eigenvalue weighted by Crippen LogP contribution is -2.52. The maximum absolute atomic E-state index is 11.9. The van der Waals surface area contributed by atoms with Crippen LogP contribution >= 0.6 is 11.6 Å². The molecule has 2 aliphatic rings. The fourth-order valence-corrected chi connectivity index (χ4v) is 5.42.